The summed E-state index contributed by atoms with van der Waals surface area (Å²) >= 11 is 1.54. The predicted octanol–water partition coefficient (Wildman–Crippen LogP) is 3.69. The van der Waals surface area contributed by atoms with Crippen molar-refractivity contribution in [2.45, 2.75) is 91.5 Å². The number of amides is 3. The second-order valence-electron chi connectivity index (χ2n) is 13.1. The lowest BCUT2D eigenvalue weighted by atomic mass is 9.85. The van der Waals surface area contributed by atoms with Gasteiger partial charge in [0.25, 0.3) is 0 Å². The van der Waals surface area contributed by atoms with Gasteiger partial charge in [-0.3, -0.25) is 19.2 Å². The number of nitrogens with zero attached hydrogens (tertiary/aromatic N) is 3. The number of carbonyl (C=O) groups is 4. The van der Waals surface area contributed by atoms with Crippen molar-refractivity contribution in [2.75, 3.05) is 6.54 Å². The predicted molar refractivity (Wildman–Crippen MR) is 162 cm³/mol. The number of ketones is 1. The maximum Gasteiger partial charge on any atom is 0.246 e. The van der Waals surface area contributed by atoms with Gasteiger partial charge < -0.3 is 20.6 Å². The third-order valence-electron chi connectivity index (χ3n) is 8.34. The molecule has 1 saturated heterocycles. The lowest BCUT2D eigenvalue weighted by molar-refractivity contribution is -0.144. The van der Waals surface area contributed by atoms with Crippen LogP contribution in [0.1, 0.15) is 77.6 Å². The summed E-state index contributed by atoms with van der Waals surface area (Å²) in [4.78, 5) is 60.1. The molecule has 1 aromatic heterocycles. The normalized spacial score (nSPS) is 20.7. The molecule has 0 bridgehead atoms. The van der Waals surface area contributed by atoms with Crippen LogP contribution in [0.2, 0.25) is 0 Å². The van der Waals surface area contributed by atoms with Gasteiger partial charge in [0.1, 0.15) is 23.3 Å². The van der Waals surface area contributed by atoms with Crippen molar-refractivity contribution >= 4 is 34.8 Å². The second kappa shape index (κ2) is 12.5. The Morgan fingerprint density at radius 2 is 1.81 bits per heavy atom. The van der Waals surface area contributed by atoms with Gasteiger partial charge in [0, 0.05) is 25.3 Å². The molecule has 4 atom stereocenters. The number of nitrogens with one attached hydrogen (secondary N) is 2. The van der Waals surface area contributed by atoms with Crippen molar-refractivity contribution in [2.24, 2.45) is 16.7 Å². The SMILES string of the molecule is Cc1ncsc1-c1ccc([C@H](CC(=O)C(C)C)NC(=O)[C@@H]2C[C@@H](O)CN2C(=O)[C@@H](NC(=O)C2(C#N)CC2)C(C)(C)C)cc1. The number of hydrogen-bond donors (Lipinski definition) is 3. The van der Waals surface area contributed by atoms with E-state index in [9.17, 15) is 29.5 Å². The molecule has 0 unspecified atom stereocenters. The van der Waals surface area contributed by atoms with Crippen LogP contribution in [0.15, 0.2) is 29.8 Å². The van der Waals surface area contributed by atoms with Gasteiger partial charge in [0.15, 0.2) is 0 Å². The number of likely N-dealkylation sites (tertiary alicyclic amines) is 1. The number of aliphatic hydroxyl groups is 1. The molecular weight excluding hydrogens is 566 g/mol. The van der Waals surface area contributed by atoms with Gasteiger partial charge in [-0.05, 0) is 36.3 Å². The van der Waals surface area contributed by atoms with Crippen LogP contribution in [0.3, 0.4) is 0 Å². The summed E-state index contributed by atoms with van der Waals surface area (Å²) in [5.74, 6) is -1.72. The highest BCUT2D eigenvalue weighted by Crippen LogP contribution is 2.45. The first-order valence-corrected chi connectivity index (χ1v) is 15.6. The third kappa shape index (κ3) is 7.13. The van der Waals surface area contributed by atoms with E-state index in [1.807, 2.05) is 45.0 Å². The van der Waals surface area contributed by atoms with Crippen molar-refractivity contribution in [3.8, 4) is 16.5 Å². The molecule has 2 fully saturated rings. The molecule has 10 nitrogen and oxygen atoms in total. The number of aliphatic hydroxyl groups excluding tert-OH is 1. The zero-order valence-electron chi connectivity index (χ0n) is 25.6. The van der Waals surface area contributed by atoms with E-state index in [-0.39, 0.29) is 31.1 Å². The first-order valence-electron chi connectivity index (χ1n) is 14.7. The number of aryl methyl sites for hydroxylation is 1. The summed E-state index contributed by atoms with van der Waals surface area (Å²) in [6.07, 6.45) is 0.0497. The molecule has 1 aromatic carbocycles. The Morgan fingerprint density at radius 1 is 1.16 bits per heavy atom. The highest BCUT2D eigenvalue weighted by molar-refractivity contribution is 7.13. The minimum absolute atomic E-state index is 0.0194. The summed E-state index contributed by atoms with van der Waals surface area (Å²) < 4.78 is 0. The molecule has 0 radical (unpaired) electrons. The molecule has 3 N–H and O–H groups in total. The van der Waals surface area contributed by atoms with Crippen molar-refractivity contribution in [3.63, 3.8) is 0 Å². The van der Waals surface area contributed by atoms with Crippen LogP contribution in [0, 0.1) is 35.0 Å². The molecule has 4 rings (SSSR count). The van der Waals surface area contributed by atoms with Crippen LogP contribution in [0.25, 0.3) is 10.4 Å². The first kappa shape index (κ1) is 32.3. The molecule has 2 aliphatic rings. The van der Waals surface area contributed by atoms with E-state index in [2.05, 4.69) is 21.7 Å². The number of hydrogen-bond acceptors (Lipinski definition) is 8. The number of nitriles is 1. The smallest absolute Gasteiger partial charge is 0.246 e. The fraction of sp³-hybridized carbons (Fsp3) is 0.562. The quantitative estimate of drug-likeness (QED) is 0.372. The van der Waals surface area contributed by atoms with Crippen molar-refractivity contribution < 1.29 is 24.3 Å². The van der Waals surface area contributed by atoms with E-state index >= 15 is 0 Å². The molecule has 1 aliphatic carbocycles. The van der Waals surface area contributed by atoms with Crippen LogP contribution in [0.5, 0.6) is 0 Å². The fourth-order valence-electron chi connectivity index (χ4n) is 5.31. The summed E-state index contributed by atoms with van der Waals surface area (Å²) in [5.41, 5.74) is 2.60. The van der Waals surface area contributed by atoms with E-state index < -0.39 is 52.8 Å². The van der Waals surface area contributed by atoms with E-state index in [0.29, 0.717) is 12.8 Å². The first-order chi connectivity index (χ1) is 20.2. The van der Waals surface area contributed by atoms with Crippen LogP contribution < -0.4 is 10.6 Å². The molecule has 1 aliphatic heterocycles. The van der Waals surface area contributed by atoms with E-state index in [1.54, 1.807) is 26.3 Å². The fourth-order valence-corrected chi connectivity index (χ4v) is 6.12. The van der Waals surface area contributed by atoms with Gasteiger partial charge in [-0.1, -0.05) is 58.9 Å². The number of aromatic nitrogens is 1. The zero-order chi connectivity index (χ0) is 31.7. The van der Waals surface area contributed by atoms with Crippen molar-refractivity contribution in [1.82, 2.24) is 20.5 Å². The van der Waals surface area contributed by atoms with Crippen LogP contribution in [0.4, 0.5) is 0 Å². The van der Waals surface area contributed by atoms with Crippen molar-refractivity contribution in [3.05, 3.63) is 41.0 Å². The maximum absolute atomic E-state index is 13.9. The average molecular weight is 608 g/mol. The second-order valence-corrected chi connectivity index (χ2v) is 14.0. The number of carbonyl (C=O) groups excluding carboxylic acids is 4. The number of benzene rings is 1. The van der Waals surface area contributed by atoms with Crippen LogP contribution >= 0.6 is 11.3 Å². The Morgan fingerprint density at radius 3 is 2.33 bits per heavy atom. The van der Waals surface area contributed by atoms with Gasteiger partial charge in [0.2, 0.25) is 17.7 Å². The maximum atomic E-state index is 13.9. The monoisotopic (exact) mass is 607 g/mol. The van der Waals surface area contributed by atoms with E-state index in [0.717, 1.165) is 21.7 Å². The van der Waals surface area contributed by atoms with Gasteiger partial charge in [-0.25, -0.2) is 4.98 Å². The largest absolute Gasteiger partial charge is 0.391 e. The molecule has 11 heteroatoms. The minimum Gasteiger partial charge on any atom is -0.391 e. The molecule has 43 heavy (non-hydrogen) atoms. The van der Waals surface area contributed by atoms with Crippen LogP contribution in [-0.2, 0) is 19.2 Å². The Labute approximate surface area is 256 Å². The topological polar surface area (TPSA) is 152 Å². The van der Waals surface area contributed by atoms with Gasteiger partial charge in [0.05, 0.1) is 34.3 Å². The Bertz CT molecular complexity index is 1420. The van der Waals surface area contributed by atoms with Crippen molar-refractivity contribution in [1.29, 1.82) is 5.26 Å². The van der Waals surface area contributed by atoms with Gasteiger partial charge >= 0.3 is 0 Å². The summed E-state index contributed by atoms with van der Waals surface area (Å²) in [7, 11) is 0. The van der Waals surface area contributed by atoms with Gasteiger partial charge in [-0.15, -0.1) is 11.3 Å². The molecule has 0 spiro atoms. The summed E-state index contributed by atoms with van der Waals surface area (Å²) in [5, 5.41) is 25.8. The highest BCUT2D eigenvalue weighted by Gasteiger charge is 2.53. The number of rotatable bonds is 10. The Balaban J connectivity index is 1.56. The van der Waals surface area contributed by atoms with E-state index in [4.69, 9.17) is 0 Å². The average Bonchev–Trinajstić information content (AvgIpc) is 3.49. The van der Waals surface area contributed by atoms with Gasteiger partial charge in [-0.2, -0.15) is 5.26 Å². The third-order valence-corrected chi connectivity index (χ3v) is 9.32. The lowest BCUT2D eigenvalue weighted by Crippen LogP contribution is -2.58. The summed E-state index contributed by atoms with van der Waals surface area (Å²) in [6.45, 7) is 10.9. The number of Topliss-reactive ketones (excluding diaryl/α,β-unsaturated/α-hetero) is 1. The number of β-amino-alcohol motifs (C(OH)–C–C–N with tert-alkyl or cyclic N) is 1. The standard InChI is InChI=1S/C32H41N5O5S/c1-18(2)25(39)14-23(20-7-9-21(10-8-20)26-19(3)34-17-43-26)35-28(40)24-13-22(38)15-37(24)29(41)27(31(4,5)6)36-30(42)32(16-33)11-12-32/h7-10,17-18,22-24,27,38H,11-15H2,1-6H3,(H,35,40)(H,36,42)/t22-,23+,24+,27-/m1/s1. The zero-order valence-corrected chi connectivity index (χ0v) is 26.5. The van der Waals surface area contributed by atoms with Crippen LogP contribution in [-0.4, -0.2) is 63.2 Å². The molecule has 3 amide bonds. The minimum atomic E-state index is -1.12. The summed E-state index contributed by atoms with van der Waals surface area (Å²) in [6, 6.07) is 7.05. The molecule has 230 valence electrons. The molecular formula is C32H41N5O5S. The molecule has 2 heterocycles. The molecule has 1 saturated carbocycles. The molecule has 2 aromatic rings. The highest BCUT2D eigenvalue weighted by atomic mass is 32.1. The van der Waals surface area contributed by atoms with E-state index in [1.165, 1.54) is 16.2 Å². The Kier molecular flexibility index (Phi) is 9.42. The number of thiazole rings is 1. The lowest BCUT2D eigenvalue weighted by Gasteiger charge is -2.36. The Hall–Kier alpha value is -3.62.